The highest BCUT2D eigenvalue weighted by Crippen LogP contribution is 2.27. The summed E-state index contributed by atoms with van der Waals surface area (Å²) in [7, 11) is -3.61. The summed E-state index contributed by atoms with van der Waals surface area (Å²) in [6.07, 6.45) is 1.94. The van der Waals surface area contributed by atoms with E-state index in [1.165, 1.54) is 0 Å². The number of benzene rings is 3. The van der Waals surface area contributed by atoms with Crippen LogP contribution in [0.3, 0.4) is 0 Å². The Hall–Kier alpha value is -2.43. The summed E-state index contributed by atoms with van der Waals surface area (Å²) in [5, 5.41) is 2.22. The lowest BCUT2D eigenvalue weighted by molar-refractivity contribution is 0.570. The molecule has 0 saturated heterocycles. The molecule has 0 aliphatic heterocycles. The maximum Gasteiger partial charge on any atom is 0.241 e. The molecule has 0 aliphatic carbocycles. The summed E-state index contributed by atoms with van der Waals surface area (Å²) in [5.74, 6) is 0. The molecule has 128 valence electrons. The third kappa shape index (κ3) is 3.81. The Morgan fingerprint density at radius 3 is 2.24 bits per heavy atom. The monoisotopic (exact) mass is 351 g/mol. The lowest BCUT2D eigenvalue weighted by Gasteiger charge is -2.21. The zero-order valence-corrected chi connectivity index (χ0v) is 15.1. The van der Waals surface area contributed by atoms with Crippen molar-refractivity contribution < 1.29 is 8.42 Å². The molecule has 0 heterocycles. The first-order valence-corrected chi connectivity index (χ1v) is 9.68. The third-order valence-electron chi connectivity index (χ3n) is 4.34. The number of nitrogens with one attached hydrogen (secondary N) is 1. The fraction of sp³-hybridized carbons (Fsp3) is 0.143. The highest BCUT2D eigenvalue weighted by atomic mass is 32.2. The number of sulfonamides is 1. The van der Waals surface area contributed by atoms with Crippen LogP contribution in [0.4, 0.5) is 0 Å². The average Bonchev–Trinajstić information content (AvgIpc) is 2.66. The largest absolute Gasteiger partial charge is 0.241 e. The molecule has 0 spiro atoms. The number of hydrogen-bond acceptors (Lipinski definition) is 2. The second kappa shape index (κ2) is 7.21. The SMILES string of the molecule is C/C=C(\C)[C@H](NS(=O)(=O)c1ccccc1)c1ccc2ccccc2c1. The Balaban J connectivity index is 2.03. The van der Waals surface area contributed by atoms with Gasteiger partial charge in [0.15, 0.2) is 0 Å². The fourth-order valence-electron chi connectivity index (χ4n) is 2.80. The van der Waals surface area contributed by atoms with Gasteiger partial charge in [0.05, 0.1) is 10.9 Å². The molecule has 0 bridgehead atoms. The van der Waals surface area contributed by atoms with Gasteiger partial charge in [0.1, 0.15) is 0 Å². The maximum absolute atomic E-state index is 12.8. The Morgan fingerprint density at radius 2 is 1.56 bits per heavy atom. The highest BCUT2D eigenvalue weighted by molar-refractivity contribution is 7.89. The molecule has 1 N–H and O–H groups in total. The standard InChI is InChI=1S/C21H21NO2S/c1-3-16(2)21(22-25(23,24)20-11-5-4-6-12-20)19-14-13-17-9-7-8-10-18(17)15-19/h3-15,21-22H,1-2H3/b16-3+/t21-/m0/s1. The Kier molecular flexibility index (Phi) is 5.02. The van der Waals surface area contributed by atoms with E-state index in [1.54, 1.807) is 30.3 Å². The van der Waals surface area contributed by atoms with Gasteiger partial charge in [-0.25, -0.2) is 8.42 Å². The van der Waals surface area contributed by atoms with E-state index in [9.17, 15) is 8.42 Å². The molecule has 0 radical (unpaired) electrons. The molecule has 1 atom stereocenters. The molecule has 3 aromatic rings. The minimum atomic E-state index is -3.61. The Labute approximate surface area is 149 Å². The van der Waals surface area contributed by atoms with Crippen LogP contribution in [0, 0.1) is 0 Å². The van der Waals surface area contributed by atoms with Crippen molar-refractivity contribution in [2.45, 2.75) is 24.8 Å². The summed E-state index contributed by atoms with van der Waals surface area (Å²) in [6, 6.07) is 22.2. The summed E-state index contributed by atoms with van der Waals surface area (Å²) < 4.78 is 28.4. The van der Waals surface area contributed by atoms with Crippen molar-refractivity contribution in [3.8, 4) is 0 Å². The maximum atomic E-state index is 12.8. The van der Waals surface area contributed by atoms with Gasteiger partial charge in [0.2, 0.25) is 10.0 Å². The second-order valence-corrected chi connectivity index (χ2v) is 7.72. The molecule has 0 saturated carbocycles. The predicted octanol–water partition coefficient (Wildman–Crippen LogP) is 4.83. The summed E-state index contributed by atoms with van der Waals surface area (Å²) in [6.45, 7) is 3.85. The van der Waals surface area contributed by atoms with Crippen LogP contribution in [-0.2, 0) is 10.0 Å². The molecule has 25 heavy (non-hydrogen) atoms. The molecule has 3 nitrogen and oxygen atoms in total. The molecule has 3 aromatic carbocycles. The van der Waals surface area contributed by atoms with Crippen molar-refractivity contribution in [1.29, 1.82) is 0 Å². The first-order chi connectivity index (χ1) is 12.0. The van der Waals surface area contributed by atoms with Gasteiger partial charge in [-0.2, -0.15) is 4.72 Å². The van der Waals surface area contributed by atoms with E-state index in [-0.39, 0.29) is 4.90 Å². The van der Waals surface area contributed by atoms with Gasteiger partial charge in [-0.1, -0.05) is 66.2 Å². The van der Waals surface area contributed by atoms with Crippen molar-refractivity contribution in [3.63, 3.8) is 0 Å². The van der Waals surface area contributed by atoms with Gasteiger partial charge in [-0.15, -0.1) is 0 Å². The molecule has 0 fully saturated rings. The van der Waals surface area contributed by atoms with E-state index < -0.39 is 16.1 Å². The Morgan fingerprint density at radius 1 is 0.920 bits per heavy atom. The molecular weight excluding hydrogens is 330 g/mol. The van der Waals surface area contributed by atoms with Gasteiger partial charge in [0.25, 0.3) is 0 Å². The van der Waals surface area contributed by atoms with Crippen LogP contribution in [0.15, 0.2) is 89.3 Å². The van der Waals surface area contributed by atoms with E-state index in [2.05, 4.69) is 4.72 Å². The van der Waals surface area contributed by atoms with Crippen LogP contribution in [0.5, 0.6) is 0 Å². The van der Waals surface area contributed by atoms with Crippen LogP contribution in [-0.4, -0.2) is 8.42 Å². The summed E-state index contributed by atoms with van der Waals surface area (Å²) >= 11 is 0. The zero-order valence-electron chi connectivity index (χ0n) is 14.3. The number of hydrogen-bond donors (Lipinski definition) is 1. The third-order valence-corrected chi connectivity index (χ3v) is 5.78. The van der Waals surface area contributed by atoms with Crippen molar-refractivity contribution in [2.24, 2.45) is 0 Å². The van der Waals surface area contributed by atoms with Crippen molar-refractivity contribution in [1.82, 2.24) is 4.72 Å². The molecular formula is C21H21NO2S. The predicted molar refractivity (Wildman–Crippen MR) is 103 cm³/mol. The highest BCUT2D eigenvalue weighted by Gasteiger charge is 2.22. The quantitative estimate of drug-likeness (QED) is 0.670. The van der Waals surface area contributed by atoms with Gasteiger partial charge in [0, 0.05) is 0 Å². The number of rotatable bonds is 5. The summed E-state index contributed by atoms with van der Waals surface area (Å²) in [5.41, 5.74) is 1.88. The van der Waals surface area contributed by atoms with E-state index in [0.29, 0.717) is 0 Å². The van der Waals surface area contributed by atoms with E-state index in [0.717, 1.165) is 21.9 Å². The van der Waals surface area contributed by atoms with Crippen LogP contribution < -0.4 is 4.72 Å². The van der Waals surface area contributed by atoms with Crippen LogP contribution in [0.25, 0.3) is 10.8 Å². The smallest absolute Gasteiger partial charge is 0.207 e. The van der Waals surface area contributed by atoms with Gasteiger partial charge < -0.3 is 0 Å². The normalized spacial score (nSPS) is 13.8. The molecule has 0 aliphatic rings. The molecule has 0 aromatic heterocycles. The first-order valence-electron chi connectivity index (χ1n) is 8.20. The number of allylic oxidation sites excluding steroid dienone is 1. The van der Waals surface area contributed by atoms with Crippen LogP contribution in [0.2, 0.25) is 0 Å². The first kappa shape index (κ1) is 17.4. The molecule has 0 amide bonds. The molecule has 3 rings (SSSR count). The van der Waals surface area contributed by atoms with Gasteiger partial charge in [-0.05, 0) is 48.4 Å². The molecule has 0 unspecified atom stereocenters. The number of fused-ring (bicyclic) bond motifs is 1. The van der Waals surface area contributed by atoms with Crippen molar-refractivity contribution in [3.05, 3.63) is 90.0 Å². The zero-order chi connectivity index (χ0) is 17.9. The minimum Gasteiger partial charge on any atom is -0.207 e. The van der Waals surface area contributed by atoms with E-state index in [1.807, 2.05) is 62.4 Å². The topological polar surface area (TPSA) is 46.2 Å². The van der Waals surface area contributed by atoms with Crippen LogP contribution in [0.1, 0.15) is 25.5 Å². The van der Waals surface area contributed by atoms with Gasteiger partial charge >= 0.3 is 0 Å². The average molecular weight is 351 g/mol. The van der Waals surface area contributed by atoms with E-state index >= 15 is 0 Å². The summed E-state index contributed by atoms with van der Waals surface area (Å²) in [4.78, 5) is 0.268. The Bertz CT molecular complexity index is 1010. The van der Waals surface area contributed by atoms with Crippen molar-refractivity contribution in [2.75, 3.05) is 0 Å². The van der Waals surface area contributed by atoms with E-state index in [4.69, 9.17) is 0 Å². The van der Waals surface area contributed by atoms with Gasteiger partial charge in [-0.3, -0.25) is 0 Å². The molecule has 4 heteroatoms. The lowest BCUT2D eigenvalue weighted by Crippen LogP contribution is -2.29. The lowest BCUT2D eigenvalue weighted by atomic mass is 9.98. The van der Waals surface area contributed by atoms with Crippen LogP contribution >= 0.6 is 0 Å². The minimum absolute atomic E-state index is 0.268. The second-order valence-electron chi connectivity index (χ2n) is 6.01. The van der Waals surface area contributed by atoms with Crippen molar-refractivity contribution >= 4 is 20.8 Å². The fourth-order valence-corrected chi connectivity index (χ4v) is 4.08.